The van der Waals surface area contributed by atoms with Gasteiger partial charge in [-0.15, -0.1) is 0 Å². The van der Waals surface area contributed by atoms with Gasteiger partial charge in [-0.25, -0.2) is 13.6 Å². The Kier molecular flexibility index (Phi) is 6.12. The minimum absolute atomic E-state index is 0.0409. The van der Waals surface area contributed by atoms with Crippen molar-refractivity contribution in [1.29, 1.82) is 0 Å². The fourth-order valence-corrected chi connectivity index (χ4v) is 2.10. The van der Waals surface area contributed by atoms with Gasteiger partial charge in [0.05, 0.1) is 4.90 Å². The number of amides is 1. The number of rotatable bonds is 7. The first-order valence-corrected chi connectivity index (χ1v) is 7.96. The van der Waals surface area contributed by atoms with Crippen LogP contribution in [0.3, 0.4) is 0 Å². The number of carbonyl (C=O) groups is 1. The second-order valence-electron chi connectivity index (χ2n) is 4.85. The summed E-state index contributed by atoms with van der Waals surface area (Å²) in [6.45, 7) is 2.93. The average molecular weight is 299 g/mol. The van der Waals surface area contributed by atoms with Gasteiger partial charge in [0.15, 0.2) is 0 Å². The van der Waals surface area contributed by atoms with E-state index in [1.807, 2.05) is 6.92 Å². The molecule has 1 unspecified atom stereocenters. The van der Waals surface area contributed by atoms with E-state index in [1.54, 1.807) is 12.1 Å². The van der Waals surface area contributed by atoms with Crippen molar-refractivity contribution in [3.8, 4) is 0 Å². The molecule has 0 aliphatic heterocycles. The summed E-state index contributed by atoms with van der Waals surface area (Å²) < 4.78 is 22.2. The molecular formula is C13H21N3O3S. The van der Waals surface area contributed by atoms with Crippen LogP contribution >= 0.6 is 0 Å². The van der Waals surface area contributed by atoms with Gasteiger partial charge in [0.2, 0.25) is 15.9 Å². The normalized spacial score (nSPS) is 12.9. The van der Waals surface area contributed by atoms with Crippen molar-refractivity contribution in [2.75, 3.05) is 6.54 Å². The summed E-state index contributed by atoms with van der Waals surface area (Å²) in [5, 5.41) is 7.78. The van der Waals surface area contributed by atoms with Crippen LogP contribution in [0.15, 0.2) is 29.2 Å². The Morgan fingerprint density at radius 2 is 1.90 bits per heavy atom. The number of nitrogens with one attached hydrogen (secondary N) is 1. The molecule has 0 aliphatic carbocycles. The monoisotopic (exact) mass is 299 g/mol. The summed E-state index contributed by atoms with van der Waals surface area (Å²) in [5.41, 5.74) is 6.30. The molecule has 1 aromatic carbocycles. The second kappa shape index (κ2) is 7.37. The maximum Gasteiger partial charge on any atom is 0.238 e. The number of primary sulfonamides is 1. The summed E-state index contributed by atoms with van der Waals surface area (Å²) >= 11 is 0. The molecule has 0 aliphatic rings. The Morgan fingerprint density at radius 1 is 1.30 bits per heavy atom. The molecule has 6 nitrogen and oxygen atoms in total. The highest BCUT2D eigenvalue weighted by Gasteiger charge is 2.08. The highest BCUT2D eigenvalue weighted by Crippen LogP contribution is 2.09. The van der Waals surface area contributed by atoms with Crippen LogP contribution < -0.4 is 16.2 Å². The smallest absolute Gasteiger partial charge is 0.238 e. The molecule has 1 atom stereocenters. The molecule has 20 heavy (non-hydrogen) atoms. The van der Waals surface area contributed by atoms with Crippen molar-refractivity contribution in [2.24, 2.45) is 16.8 Å². The molecule has 7 heteroatoms. The number of carbonyl (C=O) groups excluding carboxylic acids is 1. The Balaban J connectivity index is 2.44. The molecule has 0 radical (unpaired) electrons. The number of hydrogen-bond donors (Lipinski definition) is 3. The van der Waals surface area contributed by atoms with Crippen molar-refractivity contribution in [1.82, 2.24) is 5.32 Å². The molecule has 0 heterocycles. The van der Waals surface area contributed by atoms with Gasteiger partial charge in [-0.2, -0.15) is 0 Å². The van der Waals surface area contributed by atoms with Gasteiger partial charge in [-0.1, -0.05) is 19.1 Å². The molecule has 0 aromatic heterocycles. The Hall–Kier alpha value is -1.44. The topological polar surface area (TPSA) is 115 Å². The summed E-state index contributed by atoms with van der Waals surface area (Å²) in [5.74, 6) is 0.288. The lowest BCUT2D eigenvalue weighted by Gasteiger charge is -2.09. The van der Waals surface area contributed by atoms with Crippen molar-refractivity contribution < 1.29 is 13.2 Å². The van der Waals surface area contributed by atoms with Crippen LogP contribution in [-0.2, 0) is 21.4 Å². The van der Waals surface area contributed by atoms with Gasteiger partial charge in [-0.05, 0) is 36.6 Å². The first-order chi connectivity index (χ1) is 9.32. The molecule has 1 amide bonds. The van der Waals surface area contributed by atoms with E-state index in [1.165, 1.54) is 12.1 Å². The predicted molar refractivity (Wildman–Crippen MR) is 77.1 cm³/mol. The molecule has 112 valence electrons. The zero-order valence-electron chi connectivity index (χ0n) is 11.5. The third-order valence-corrected chi connectivity index (χ3v) is 3.94. The highest BCUT2D eigenvalue weighted by molar-refractivity contribution is 7.89. The van der Waals surface area contributed by atoms with Crippen molar-refractivity contribution in [2.45, 2.75) is 31.2 Å². The van der Waals surface area contributed by atoms with E-state index in [9.17, 15) is 13.2 Å². The van der Waals surface area contributed by atoms with Gasteiger partial charge in [0.1, 0.15) is 0 Å². The minimum atomic E-state index is -3.67. The molecule has 1 aromatic rings. The molecule has 0 spiro atoms. The fourth-order valence-electron chi connectivity index (χ4n) is 1.58. The van der Waals surface area contributed by atoms with Crippen LogP contribution in [0, 0.1) is 5.92 Å². The average Bonchev–Trinajstić information content (AvgIpc) is 2.41. The molecule has 5 N–H and O–H groups in total. The van der Waals surface area contributed by atoms with E-state index in [0.717, 1.165) is 12.0 Å². The fraction of sp³-hybridized carbons (Fsp3) is 0.462. The van der Waals surface area contributed by atoms with Gasteiger partial charge in [-0.3, -0.25) is 4.79 Å². The lowest BCUT2D eigenvalue weighted by molar-refractivity contribution is -0.121. The van der Waals surface area contributed by atoms with Crippen molar-refractivity contribution >= 4 is 15.9 Å². The molecular weight excluding hydrogens is 278 g/mol. The molecule has 0 saturated heterocycles. The summed E-state index contributed by atoms with van der Waals surface area (Å²) in [6.07, 6.45) is 1.19. The third kappa shape index (κ3) is 5.68. The number of benzene rings is 1. The van der Waals surface area contributed by atoms with Crippen LogP contribution in [0.25, 0.3) is 0 Å². The Bertz CT molecular complexity index is 540. The largest absolute Gasteiger partial charge is 0.352 e. The van der Waals surface area contributed by atoms with E-state index in [4.69, 9.17) is 10.9 Å². The van der Waals surface area contributed by atoms with Gasteiger partial charge >= 0.3 is 0 Å². The lowest BCUT2D eigenvalue weighted by Crippen LogP contribution is -2.24. The van der Waals surface area contributed by atoms with Gasteiger partial charge < -0.3 is 11.1 Å². The van der Waals surface area contributed by atoms with Crippen LogP contribution in [0.5, 0.6) is 0 Å². The second-order valence-corrected chi connectivity index (χ2v) is 6.41. The molecule has 0 fully saturated rings. The summed E-state index contributed by atoms with van der Waals surface area (Å²) in [4.78, 5) is 11.7. The molecule has 0 bridgehead atoms. The van der Waals surface area contributed by atoms with Gasteiger partial charge in [0.25, 0.3) is 0 Å². The van der Waals surface area contributed by atoms with E-state index < -0.39 is 10.0 Å². The van der Waals surface area contributed by atoms with E-state index in [-0.39, 0.29) is 10.8 Å². The Morgan fingerprint density at radius 3 is 2.40 bits per heavy atom. The maximum atomic E-state index is 11.6. The third-order valence-electron chi connectivity index (χ3n) is 3.01. The van der Waals surface area contributed by atoms with Crippen molar-refractivity contribution in [3.63, 3.8) is 0 Å². The molecule has 0 saturated carbocycles. The van der Waals surface area contributed by atoms with Crippen molar-refractivity contribution in [3.05, 3.63) is 29.8 Å². The van der Waals surface area contributed by atoms with E-state index >= 15 is 0 Å². The SMILES string of the molecule is CC(CN)CCC(=O)NCc1ccc(S(N)(=O)=O)cc1. The van der Waals surface area contributed by atoms with Crippen LogP contribution in [0.1, 0.15) is 25.3 Å². The Labute approximate surface area is 119 Å². The standard InChI is InChI=1S/C13H21N3O3S/c1-10(8-14)2-7-13(17)16-9-11-3-5-12(6-4-11)20(15,18)19/h3-6,10H,2,7-9,14H2,1H3,(H,16,17)(H2,15,18,19). The van der Waals surface area contributed by atoms with E-state index in [0.29, 0.717) is 25.4 Å². The maximum absolute atomic E-state index is 11.6. The first-order valence-electron chi connectivity index (χ1n) is 6.41. The lowest BCUT2D eigenvalue weighted by atomic mass is 10.1. The zero-order chi connectivity index (χ0) is 15.2. The summed E-state index contributed by atoms with van der Waals surface area (Å²) in [6, 6.07) is 6.10. The quantitative estimate of drug-likeness (QED) is 0.672. The predicted octanol–water partition coefficient (Wildman–Crippen LogP) is 0.325. The number of nitrogens with two attached hydrogens (primary N) is 2. The highest BCUT2D eigenvalue weighted by atomic mass is 32.2. The molecule has 1 rings (SSSR count). The van der Waals surface area contributed by atoms with E-state index in [2.05, 4.69) is 5.32 Å². The van der Waals surface area contributed by atoms with Crippen LogP contribution in [0.4, 0.5) is 0 Å². The number of hydrogen-bond acceptors (Lipinski definition) is 4. The van der Waals surface area contributed by atoms with Gasteiger partial charge in [0, 0.05) is 13.0 Å². The minimum Gasteiger partial charge on any atom is -0.352 e. The number of sulfonamides is 1. The van der Waals surface area contributed by atoms with Crippen LogP contribution in [-0.4, -0.2) is 20.9 Å². The zero-order valence-corrected chi connectivity index (χ0v) is 12.3. The van der Waals surface area contributed by atoms with Crippen LogP contribution in [0.2, 0.25) is 0 Å². The first kappa shape index (κ1) is 16.6. The summed E-state index contributed by atoms with van der Waals surface area (Å²) in [7, 11) is -3.67.